The van der Waals surface area contributed by atoms with E-state index in [-0.39, 0.29) is 5.91 Å². The minimum absolute atomic E-state index is 0.0480. The Balaban J connectivity index is 1.40. The van der Waals surface area contributed by atoms with Gasteiger partial charge in [0.25, 0.3) is 5.91 Å². The molecule has 5 heteroatoms. The standard InChI is InChI=1S/C24H27N3O2/c1-2-23-25-14-17-27(23)18-19-12-15-26(16-13-19)24(28)21-10-6-7-11-22(21)29-20-8-4-3-5-9-20/h3-11,14,17,19H,2,12-13,15-16,18H2,1H3. The van der Waals surface area contributed by atoms with Crippen LogP contribution in [-0.2, 0) is 13.0 Å². The molecule has 0 aliphatic carbocycles. The number of aromatic nitrogens is 2. The first-order valence-corrected chi connectivity index (χ1v) is 10.4. The largest absolute Gasteiger partial charge is 0.457 e. The fourth-order valence-corrected chi connectivity index (χ4v) is 3.94. The summed E-state index contributed by atoms with van der Waals surface area (Å²) in [4.78, 5) is 19.5. The van der Waals surface area contributed by atoms with Gasteiger partial charge < -0.3 is 14.2 Å². The van der Waals surface area contributed by atoms with Crippen molar-refractivity contribution < 1.29 is 9.53 Å². The van der Waals surface area contributed by atoms with Gasteiger partial charge in [-0.1, -0.05) is 37.3 Å². The van der Waals surface area contributed by atoms with Crippen molar-refractivity contribution in [2.75, 3.05) is 13.1 Å². The quantitative estimate of drug-likeness (QED) is 0.609. The first kappa shape index (κ1) is 19.2. The van der Waals surface area contributed by atoms with E-state index >= 15 is 0 Å². The van der Waals surface area contributed by atoms with Crippen molar-refractivity contribution in [2.45, 2.75) is 32.7 Å². The topological polar surface area (TPSA) is 47.4 Å². The number of aryl methyl sites for hydroxylation is 1. The fraction of sp³-hybridized carbons (Fsp3) is 0.333. The van der Waals surface area contributed by atoms with E-state index in [9.17, 15) is 4.79 Å². The van der Waals surface area contributed by atoms with Crippen LogP contribution >= 0.6 is 0 Å². The van der Waals surface area contributed by atoms with Gasteiger partial charge in [0.15, 0.2) is 0 Å². The second kappa shape index (κ2) is 8.95. The molecule has 1 amide bonds. The van der Waals surface area contributed by atoms with Crippen molar-refractivity contribution in [3.63, 3.8) is 0 Å². The van der Waals surface area contributed by atoms with Crippen LogP contribution in [-0.4, -0.2) is 33.4 Å². The third-order valence-electron chi connectivity index (χ3n) is 5.56. The molecule has 29 heavy (non-hydrogen) atoms. The molecule has 3 aromatic rings. The van der Waals surface area contributed by atoms with Gasteiger partial charge in [-0.2, -0.15) is 0 Å². The predicted molar refractivity (Wildman–Crippen MR) is 113 cm³/mol. The van der Waals surface area contributed by atoms with Crippen LogP contribution in [0.3, 0.4) is 0 Å². The van der Waals surface area contributed by atoms with Crippen molar-refractivity contribution in [3.8, 4) is 11.5 Å². The Morgan fingerprint density at radius 2 is 1.79 bits per heavy atom. The van der Waals surface area contributed by atoms with Crippen molar-refractivity contribution in [3.05, 3.63) is 78.4 Å². The van der Waals surface area contributed by atoms with E-state index in [1.165, 1.54) is 0 Å². The van der Waals surface area contributed by atoms with Gasteiger partial charge in [-0.15, -0.1) is 0 Å². The molecule has 0 unspecified atom stereocenters. The van der Waals surface area contributed by atoms with Gasteiger partial charge in [0, 0.05) is 38.4 Å². The number of nitrogens with zero attached hydrogens (tertiary/aromatic N) is 3. The number of benzene rings is 2. The number of carbonyl (C=O) groups is 1. The number of hydrogen-bond donors (Lipinski definition) is 0. The highest BCUT2D eigenvalue weighted by molar-refractivity contribution is 5.97. The van der Waals surface area contributed by atoms with E-state index in [4.69, 9.17) is 4.74 Å². The number of amides is 1. The molecule has 5 nitrogen and oxygen atoms in total. The molecule has 1 fully saturated rings. The Labute approximate surface area is 171 Å². The number of imidazole rings is 1. The van der Waals surface area contributed by atoms with Gasteiger partial charge >= 0.3 is 0 Å². The normalized spacial score (nSPS) is 14.7. The highest BCUT2D eigenvalue weighted by atomic mass is 16.5. The van der Waals surface area contributed by atoms with Crippen LogP contribution in [0.1, 0.15) is 35.9 Å². The van der Waals surface area contributed by atoms with Crippen LogP contribution in [0.25, 0.3) is 0 Å². The van der Waals surface area contributed by atoms with Crippen molar-refractivity contribution in [2.24, 2.45) is 5.92 Å². The Hall–Kier alpha value is -3.08. The molecule has 2 heterocycles. The van der Waals surface area contributed by atoms with Gasteiger partial charge in [0.2, 0.25) is 0 Å². The van der Waals surface area contributed by atoms with Crippen molar-refractivity contribution in [1.82, 2.24) is 14.5 Å². The number of hydrogen-bond acceptors (Lipinski definition) is 3. The lowest BCUT2D eigenvalue weighted by molar-refractivity contribution is 0.0680. The third kappa shape index (κ3) is 4.50. The van der Waals surface area contributed by atoms with Gasteiger partial charge in [0.1, 0.15) is 17.3 Å². The summed E-state index contributed by atoms with van der Waals surface area (Å²) in [5, 5.41) is 0. The molecular formula is C24H27N3O2. The monoisotopic (exact) mass is 389 g/mol. The molecule has 0 N–H and O–H groups in total. The summed E-state index contributed by atoms with van der Waals surface area (Å²) < 4.78 is 8.24. The summed E-state index contributed by atoms with van der Waals surface area (Å²) in [5.41, 5.74) is 0.623. The first-order chi connectivity index (χ1) is 14.2. The summed E-state index contributed by atoms with van der Waals surface area (Å²) in [7, 11) is 0. The zero-order chi connectivity index (χ0) is 20.1. The average Bonchev–Trinajstić information content (AvgIpc) is 3.22. The molecule has 4 rings (SSSR count). The number of likely N-dealkylation sites (tertiary alicyclic amines) is 1. The maximum atomic E-state index is 13.2. The SMILES string of the molecule is CCc1nccn1CC1CCN(C(=O)c2ccccc2Oc2ccccc2)CC1. The summed E-state index contributed by atoms with van der Waals surface area (Å²) >= 11 is 0. The molecule has 0 atom stereocenters. The van der Waals surface area contributed by atoms with E-state index in [1.54, 1.807) is 0 Å². The summed E-state index contributed by atoms with van der Waals surface area (Å²) in [6.45, 7) is 4.67. The number of ether oxygens (including phenoxy) is 1. The van der Waals surface area contributed by atoms with Crippen LogP contribution in [0.15, 0.2) is 67.0 Å². The Morgan fingerprint density at radius 1 is 1.07 bits per heavy atom. The number of carbonyl (C=O) groups excluding carboxylic acids is 1. The number of piperidine rings is 1. The van der Waals surface area contributed by atoms with Crippen LogP contribution in [0.2, 0.25) is 0 Å². The summed E-state index contributed by atoms with van der Waals surface area (Å²) in [5.74, 6) is 3.10. The molecule has 1 aromatic heterocycles. The second-order valence-electron chi connectivity index (χ2n) is 7.50. The second-order valence-corrected chi connectivity index (χ2v) is 7.50. The zero-order valence-electron chi connectivity index (χ0n) is 16.8. The van der Waals surface area contributed by atoms with Crippen LogP contribution in [0.4, 0.5) is 0 Å². The lowest BCUT2D eigenvalue weighted by Crippen LogP contribution is -2.39. The van der Waals surface area contributed by atoms with Crippen LogP contribution in [0.5, 0.6) is 11.5 Å². The molecule has 0 radical (unpaired) electrons. The van der Waals surface area contributed by atoms with Crippen molar-refractivity contribution in [1.29, 1.82) is 0 Å². The molecule has 1 aliphatic rings. The number of para-hydroxylation sites is 2. The van der Waals surface area contributed by atoms with E-state index in [2.05, 4.69) is 22.7 Å². The number of rotatable bonds is 6. The maximum absolute atomic E-state index is 13.2. The van der Waals surface area contributed by atoms with Crippen LogP contribution in [0, 0.1) is 5.92 Å². The molecule has 0 saturated carbocycles. The van der Waals surface area contributed by atoms with E-state index in [1.807, 2.05) is 65.7 Å². The van der Waals surface area contributed by atoms with Crippen molar-refractivity contribution >= 4 is 5.91 Å². The van der Waals surface area contributed by atoms with Gasteiger partial charge in [-0.25, -0.2) is 4.98 Å². The lowest BCUT2D eigenvalue weighted by Gasteiger charge is -2.32. The average molecular weight is 389 g/mol. The molecule has 0 spiro atoms. The zero-order valence-corrected chi connectivity index (χ0v) is 16.8. The van der Waals surface area contributed by atoms with Gasteiger partial charge in [-0.3, -0.25) is 4.79 Å². The minimum Gasteiger partial charge on any atom is -0.457 e. The van der Waals surface area contributed by atoms with Crippen LogP contribution < -0.4 is 4.74 Å². The minimum atomic E-state index is 0.0480. The van der Waals surface area contributed by atoms with E-state index < -0.39 is 0 Å². The molecule has 0 bridgehead atoms. The third-order valence-corrected chi connectivity index (χ3v) is 5.56. The van der Waals surface area contributed by atoms with E-state index in [0.717, 1.165) is 50.5 Å². The van der Waals surface area contributed by atoms with Gasteiger partial charge in [-0.05, 0) is 43.0 Å². The molecule has 1 saturated heterocycles. The lowest BCUT2D eigenvalue weighted by atomic mass is 9.96. The Morgan fingerprint density at radius 3 is 2.55 bits per heavy atom. The highest BCUT2D eigenvalue weighted by Gasteiger charge is 2.26. The molecule has 150 valence electrons. The first-order valence-electron chi connectivity index (χ1n) is 10.4. The summed E-state index contributed by atoms with van der Waals surface area (Å²) in [6, 6.07) is 17.1. The molecular weight excluding hydrogens is 362 g/mol. The fourth-order valence-electron chi connectivity index (χ4n) is 3.94. The van der Waals surface area contributed by atoms with Gasteiger partial charge in [0.05, 0.1) is 5.56 Å². The Kier molecular flexibility index (Phi) is 5.94. The maximum Gasteiger partial charge on any atom is 0.257 e. The Bertz CT molecular complexity index is 944. The van der Waals surface area contributed by atoms with E-state index in [0.29, 0.717) is 17.2 Å². The summed E-state index contributed by atoms with van der Waals surface area (Å²) in [6.07, 6.45) is 6.90. The molecule has 2 aromatic carbocycles. The molecule has 1 aliphatic heterocycles. The predicted octanol–water partition coefficient (Wildman–Crippen LogP) is 4.79. The smallest absolute Gasteiger partial charge is 0.257 e. The highest BCUT2D eigenvalue weighted by Crippen LogP contribution is 2.28.